The number of nitrogens with one attached hydrogen (secondary N) is 1. The molecule has 0 bridgehead atoms. The smallest absolute Gasteiger partial charge is 0.243 e. The molecule has 0 amide bonds. The Bertz CT molecular complexity index is 638. The van der Waals surface area contributed by atoms with Gasteiger partial charge in [0.2, 0.25) is 10.0 Å². The molecule has 2 aliphatic rings. The summed E-state index contributed by atoms with van der Waals surface area (Å²) in [6.07, 6.45) is 1.94. The zero-order valence-corrected chi connectivity index (χ0v) is 15.2. The molecule has 8 heteroatoms. The number of rotatable bonds is 7. The predicted molar refractivity (Wildman–Crippen MR) is 92.3 cm³/mol. The van der Waals surface area contributed by atoms with Gasteiger partial charge < -0.3 is 19.5 Å². The van der Waals surface area contributed by atoms with Crippen LogP contribution in [0, 0.1) is 0 Å². The average Bonchev–Trinajstić information content (AvgIpc) is 3.14. The van der Waals surface area contributed by atoms with Crippen molar-refractivity contribution in [3.63, 3.8) is 0 Å². The molecule has 1 aromatic carbocycles. The molecule has 2 fully saturated rings. The number of nitrogens with zero attached hydrogens (tertiary/aromatic N) is 1. The van der Waals surface area contributed by atoms with Crippen LogP contribution in [0.4, 0.5) is 0 Å². The van der Waals surface area contributed by atoms with Crippen molar-refractivity contribution in [2.24, 2.45) is 0 Å². The summed E-state index contributed by atoms with van der Waals surface area (Å²) >= 11 is 0. The zero-order valence-electron chi connectivity index (χ0n) is 14.4. The Kier molecular flexibility index (Phi) is 6.29. The molecule has 0 radical (unpaired) electrons. The van der Waals surface area contributed by atoms with Gasteiger partial charge in [0, 0.05) is 25.9 Å². The highest BCUT2D eigenvalue weighted by Crippen LogP contribution is 2.20. The quantitative estimate of drug-likeness (QED) is 0.651. The van der Waals surface area contributed by atoms with E-state index in [0.717, 1.165) is 13.1 Å². The first-order valence-corrected chi connectivity index (χ1v) is 10.3. The largest absolute Gasteiger partial charge is 0.491 e. The lowest BCUT2D eigenvalue weighted by Crippen LogP contribution is -3.11. The standard InChI is InChI=1S/C17H26N2O5S/c20-15(13-18-7-1-2-8-18)14-24-16-3-5-17(6-4-16)25(21,22)19-9-11-23-12-10-19/h3-6,15,20H,1-2,7-14H2/p+1/t15-/m1/s1. The minimum Gasteiger partial charge on any atom is -0.491 e. The maximum atomic E-state index is 12.5. The third-order valence-electron chi connectivity index (χ3n) is 4.71. The van der Waals surface area contributed by atoms with Gasteiger partial charge in [-0.3, -0.25) is 0 Å². The van der Waals surface area contributed by atoms with Gasteiger partial charge in [0.1, 0.15) is 25.0 Å². The SMILES string of the molecule is O=S(=O)(c1ccc(OC[C@H](O)C[NH+]2CCCC2)cc1)N1CCOCC1. The van der Waals surface area contributed by atoms with Gasteiger partial charge in [0.05, 0.1) is 31.2 Å². The van der Waals surface area contributed by atoms with Crippen molar-refractivity contribution >= 4 is 10.0 Å². The second kappa shape index (κ2) is 8.46. The van der Waals surface area contributed by atoms with Crippen LogP contribution in [0.3, 0.4) is 0 Å². The lowest BCUT2D eigenvalue weighted by Gasteiger charge is -2.26. The highest BCUT2D eigenvalue weighted by atomic mass is 32.2. The second-order valence-electron chi connectivity index (χ2n) is 6.61. The Morgan fingerprint density at radius 1 is 1.16 bits per heavy atom. The number of aliphatic hydroxyl groups excluding tert-OH is 1. The van der Waals surface area contributed by atoms with Crippen LogP contribution >= 0.6 is 0 Å². The van der Waals surface area contributed by atoms with E-state index in [-0.39, 0.29) is 11.5 Å². The Labute approximate surface area is 149 Å². The van der Waals surface area contributed by atoms with Crippen molar-refractivity contribution in [1.82, 2.24) is 4.31 Å². The van der Waals surface area contributed by atoms with Gasteiger partial charge in [-0.2, -0.15) is 4.31 Å². The minimum absolute atomic E-state index is 0.221. The van der Waals surface area contributed by atoms with Crippen LogP contribution in [-0.4, -0.2) is 76.5 Å². The number of sulfonamides is 1. The second-order valence-corrected chi connectivity index (χ2v) is 8.55. The summed E-state index contributed by atoms with van der Waals surface area (Å²) in [4.78, 5) is 1.67. The van der Waals surface area contributed by atoms with Crippen molar-refractivity contribution in [3.8, 4) is 5.75 Å². The van der Waals surface area contributed by atoms with Gasteiger partial charge >= 0.3 is 0 Å². The van der Waals surface area contributed by atoms with Crippen LogP contribution < -0.4 is 9.64 Å². The Hall–Kier alpha value is -1.19. The van der Waals surface area contributed by atoms with Crippen LogP contribution in [-0.2, 0) is 14.8 Å². The highest BCUT2D eigenvalue weighted by Gasteiger charge is 2.26. The lowest BCUT2D eigenvalue weighted by atomic mass is 10.3. The first-order valence-electron chi connectivity index (χ1n) is 8.88. The molecule has 1 aromatic rings. The van der Waals surface area contributed by atoms with E-state index in [2.05, 4.69) is 0 Å². The summed E-state index contributed by atoms with van der Waals surface area (Å²) < 4.78 is 37.3. The molecular formula is C17H27N2O5S+. The van der Waals surface area contributed by atoms with Crippen LogP contribution in [0.15, 0.2) is 29.2 Å². The van der Waals surface area contributed by atoms with E-state index in [0.29, 0.717) is 38.6 Å². The normalized spacial score (nSPS) is 21.3. The highest BCUT2D eigenvalue weighted by molar-refractivity contribution is 7.89. The Morgan fingerprint density at radius 3 is 2.44 bits per heavy atom. The molecule has 2 saturated heterocycles. The molecule has 1 atom stereocenters. The van der Waals surface area contributed by atoms with E-state index in [9.17, 15) is 13.5 Å². The fraction of sp³-hybridized carbons (Fsp3) is 0.647. The number of benzene rings is 1. The maximum absolute atomic E-state index is 12.5. The molecule has 0 aromatic heterocycles. The molecule has 140 valence electrons. The summed E-state index contributed by atoms with van der Waals surface area (Å²) in [5, 5.41) is 10.1. The number of quaternary nitrogens is 1. The number of hydrogen-bond donors (Lipinski definition) is 2. The van der Waals surface area contributed by atoms with Gasteiger partial charge in [0.25, 0.3) is 0 Å². The summed E-state index contributed by atoms with van der Waals surface area (Å²) in [7, 11) is -3.48. The molecule has 2 aliphatic heterocycles. The molecule has 0 saturated carbocycles. The number of aliphatic hydroxyl groups is 1. The Balaban J connectivity index is 1.52. The van der Waals surface area contributed by atoms with Gasteiger partial charge in [-0.05, 0) is 24.3 Å². The topological polar surface area (TPSA) is 80.5 Å². The number of morpholine rings is 1. The lowest BCUT2D eigenvalue weighted by molar-refractivity contribution is -0.890. The Morgan fingerprint density at radius 2 is 1.80 bits per heavy atom. The van der Waals surface area contributed by atoms with Gasteiger partial charge in [0.15, 0.2) is 0 Å². The van der Waals surface area contributed by atoms with Crippen molar-refractivity contribution in [3.05, 3.63) is 24.3 Å². The third-order valence-corrected chi connectivity index (χ3v) is 6.62. The first-order chi connectivity index (χ1) is 12.1. The average molecular weight is 371 g/mol. The van der Waals surface area contributed by atoms with E-state index in [1.165, 1.54) is 22.0 Å². The van der Waals surface area contributed by atoms with Crippen molar-refractivity contribution in [1.29, 1.82) is 0 Å². The van der Waals surface area contributed by atoms with Gasteiger partial charge in [-0.25, -0.2) is 8.42 Å². The molecule has 0 unspecified atom stereocenters. The molecule has 2 heterocycles. The number of likely N-dealkylation sites (tertiary alicyclic amines) is 1. The van der Waals surface area contributed by atoms with Crippen molar-refractivity contribution in [2.75, 3.05) is 52.5 Å². The van der Waals surface area contributed by atoms with Crippen LogP contribution in [0.2, 0.25) is 0 Å². The summed E-state index contributed by atoms with van der Waals surface area (Å²) in [6.45, 7) is 4.77. The molecule has 2 N–H and O–H groups in total. The van der Waals surface area contributed by atoms with E-state index < -0.39 is 16.1 Å². The number of ether oxygens (including phenoxy) is 2. The molecule has 3 rings (SSSR count). The van der Waals surface area contributed by atoms with E-state index in [1.807, 2.05) is 0 Å². The molecular weight excluding hydrogens is 344 g/mol. The van der Waals surface area contributed by atoms with E-state index in [4.69, 9.17) is 9.47 Å². The van der Waals surface area contributed by atoms with Crippen molar-refractivity contribution < 1.29 is 27.9 Å². The molecule has 0 spiro atoms. The zero-order chi connectivity index (χ0) is 17.7. The van der Waals surface area contributed by atoms with Crippen LogP contribution in [0.5, 0.6) is 5.75 Å². The fourth-order valence-electron chi connectivity index (χ4n) is 3.31. The third kappa shape index (κ3) is 4.92. The summed E-state index contributed by atoms with van der Waals surface area (Å²) in [5.74, 6) is 0.566. The fourth-order valence-corrected chi connectivity index (χ4v) is 4.72. The maximum Gasteiger partial charge on any atom is 0.243 e. The molecule has 25 heavy (non-hydrogen) atoms. The first kappa shape index (κ1) is 18.6. The molecule has 7 nitrogen and oxygen atoms in total. The summed E-state index contributed by atoms with van der Waals surface area (Å²) in [6, 6.07) is 6.39. The predicted octanol–water partition coefficient (Wildman–Crippen LogP) is -0.874. The monoisotopic (exact) mass is 371 g/mol. The van der Waals surface area contributed by atoms with Crippen LogP contribution in [0.1, 0.15) is 12.8 Å². The van der Waals surface area contributed by atoms with E-state index >= 15 is 0 Å². The summed E-state index contributed by atoms with van der Waals surface area (Å²) in [5.41, 5.74) is 0. The van der Waals surface area contributed by atoms with Gasteiger partial charge in [-0.15, -0.1) is 0 Å². The molecule has 0 aliphatic carbocycles. The van der Waals surface area contributed by atoms with Crippen molar-refractivity contribution in [2.45, 2.75) is 23.8 Å². The van der Waals surface area contributed by atoms with E-state index in [1.54, 1.807) is 24.3 Å². The van der Waals surface area contributed by atoms with Gasteiger partial charge in [-0.1, -0.05) is 0 Å². The number of hydrogen-bond acceptors (Lipinski definition) is 5. The van der Waals surface area contributed by atoms with Crippen LogP contribution in [0.25, 0.3) is 0 Å². The minimum atomic E-state index is -3.48.